The monoisotopic (exact) mass is 433 g/mol. The predicted molar refractivity (Wildman–Crippen MR) is 106 cm³/mol. The van der Waals surface area contributed by atoms with Gasteiger partial charge in [-0.1, -0.05) is 17.7 Å². The lowest BCUT2D eigenvalue weighted by Gasteiger charge is -2.03. The molecule has 0 radical (unpaired) electrons. The minimum Gasteiger partial charge on any atom is -0.490 e. The van der Waals surface area contributed by atoms with Crippen LogP contribution in [0.4, 0.5) is 5.69 Å². The summed E-state index contributed by atoms with van der Waals surface area (Å²) >= 11 is 6.57. The van der Waals surface area contributed by atoms with E-state index in [4.69, 9.17) is 20.8 Å². The van der Waals surface area contributed by atoms with Crippen LogP contribution in [0, 0.1) is 10.1 Å². The molecule has 0 aliphatic rings. The smallest absolute Gasteiger partial charge is 0.342 e. The van der Waals surface area contributed by atoms with Crippen molar-refractivity contribution in [3.63, 3.8) is 0 Å². The maximum atomic E-state index is 11.6. The molecule has 11 heteroatoms. The van der Waals surface area contributed by atoms with Gasteiger partial charge in [-0.05, 0) is 53.7 Å². The lowest BCUT2D eigenvalue weighted by molar-refractivity contribution is -0.385. The third-order valence-electron chi connectivity index (χ3n) is 3.60. The van der Waals surface area contributed by atoms with Crippen molar-refractivity contribution in [3.05, 3.63) is 68.1 Å². The largest absolute Gasteiger partial charge is 0.490 e. The molecular weight excluding hydrogens is 422 g/mol. The average Bonchev–Trinajstić information content (AvgIpc) is 3.16. The van der Waals surface area contributed by atoms with Crippen LogP contribution in [0.25, 0.3) is 17.5 Å². The van der Waals surface area contributed by atoms with E-state index in [1.165, 1.54) is 31.4 Å². The highest BCUT2D eigenvalue weighted by Crippen LogP contribution is 2.32. The van der Waals surface area contributed by atoms with Crippen molar-refractivity contribution in [3.8, 4) is 17.2 Å². The van der Waals surface area contributed by atoms with Gasteiger partial charge in [0.25, 0.3) is 5.22 Å². The molecular formula is C18H12ClN3O6S. The van der Waals surface area contributed by atoms with Crippen LogP contribution in [0.15, 0.2) is 57.0 Å². The topological polar surface area (TPSA) is 129 Å². The quantitative estimate of drug-likeness (QED) is 0.247. The number of hydrogen-bond donors (Lipinski definition) is 1. The second-order valence-electron chi connectivity index (χ2n) is 5.48. The van der Waals surface area contributed by atoms with E-state index in [9.17, 15) is 20.0 Å². The number of nitro benzene ring substituents is 1. The van der Waals surface area contributed by atoms with E-state index in [0.717, 1.165) is 11.8 Å². The Morgan fingerprint density at radius 1 is 1.28 bits per heavy atom. The Hall–Kier alpha value is -3.37. The zero-order chi connectivity index (χ0) is 21.0. The van der Waals surface area contributed by atoms with Gasteiger partial charge in [-0.2, -0.15) is 0 Å². The van der Waals surface area contributed by atoms with Crippen LogP contribution in [0.5, 0.6) is 5.75 Å². The number of ether oxygens (including phenoxy) is 1. The second kappa shape index (κ2) is 8.76. The fourth-order valence-corrected chi connectivity index (χ4v) is 3.08. The average molecular weight is 434 g/mol. The fourth-order valence-electron chi connectivity index (χ4n) is 2.28. The zero-order valence-electron chi connectivity index (χ0n) is 14.7. The number of halogens is 1. The molecule has 0 spiro atoms. The first kappa shape index (κ1) is 20.4. The van der Waals surface area contributed by atoms with Crippen LogP contribution >= 0.6 is 23.4 Å². The van der Waals surface area contributed by atoms with Gasteiger partial charge in [0, 0.05) is 16.7 Å². The number of thioether (sulfide) groups is 1. The zero-order valence-corrected chi connectivity index (χ0v) is 16.3. The van der Waals surface area contributed by atoms with E-state index >= 15 is 0 Å². The van der Waals surface area contributed by atoms with Gasteiger partial charge in [-0.3, -0.25) is 10.1 Å². The van der Waals surface area contributed by atoms with Crippen molar-refractivity contribution in [2.45, 2.75) is 5.22 Å². The van der Waals surface area contributed by atoms with E-state index in [1.807, 2.05) is 0 Å². The number of benzene rings is 2. The number of carbonyl (C=O) groups is 1. The van der Waals surface area contributed by atoms with Crippen LogP contribution in [0.3, 0.4) is 0 Å². The molecule has 2 aromatic carbocycles. The SMILES string of the molecule is COc1ccc(/C=C(\Sc2nnc(-c3ccc(Cl)cc3)o2)C(=O)O)cc1[N+](=O)[O-]. The number of carboxylic acids is 1. The van der Waals surface area contributed by atoms with E-state index < -0.39 is 10.9 Å². The van der Waals surface area contributed by atoms with Crippen LogP contribution in [0.1, 0.15) is 5.56 Å². The van der Waals surface area contributed by atoms with E-state index in [2.05, 4.69) is 10.2 Å². The van der Waals surface area contributed by atoms with E-state index in [0.29, 0.717) is 16.1 Å². The number of hydrogen-bond acceptors (Lipinski definition) is 8. The Balaban J connectivity index is 1.88. The van der Waals surface area contributed by atoms with Gasteiger partial charge in [-0.15, -0.1) is 10.2 Å². The molecule has 0 unspecified atom stereocenters. The van der Waals surface area contributed by atoms with Crippen molar-refractivity contribution in [2.24, 2.45) is 0 Å². The van der Waals surface area contributed by atoms with Crippen molar-refractivity contribution in [1.29, 1.82) is 0 Å². The molecule has 1 aromatic heterocycles. The van der Waals surface area contributed by atoms with Crippen LogP contribution < -0.4 is 4.74 Å². The van der Waals surface area contributed by atoms with Crippen LogP contribution in [-0.2, 0) is 4.79 Å². The molecule has 0 aliphatic carbocycles. The van der Waals surface area contributed by atoms with Crippen molar-refractivity contribution < 1.29 is 24.0 Å². The Labute approximate surface area is 173 Å². The number of nitro groups is 1. The first-order valence-corrected chi connectivity index (χ1v) is 9.11. The summed E-state index contributed by atoms with van der Waals surface area (Å²) in [6.45, 7) is 0. The molecule has 0 bridgehead atoms. The molecule has 0 saturated heterocycles. The molecule has 148 valence electrons. The summed E-state index contributed by atoms with van der Waals surface area (Å²) in [5, 5.41) is 28.9. The maximum Gasteiger partial charge on any atom is 0.342 e. The van der Waals surface area contributed by atoms with Gasteiger partial charge in [0.1, 0.15) is 4.91 Å². The Kier molecular flexibility index (Phi) is 6.15. The standard InChI is InChI=1S/C18H12ClN3O6S/c1-27-14-7-2-10(8-13(14)22(25)26)9-15(17(23)24)29-18-21-20-16(28-18)11-3-5-12(19)6-4-11/h2-9H,1H3,(H,23,24)/b15-9-. The third kappa shape index (κ3) is 4.92. The highest BCUT2D eigenvalue weighted by Gasteiger charge is 2.18. The van der Waals surface area contributed by atoms with E-state index in [-0.39, 0.29) is 27.5 Å². The third-order valence-corrected chi connectivity index (χ3v) is 4.71. The number of aromatic nitrogens is 2. The van der Waals surface area contributed by atoms with Crippen molar-refractivity contribution in [1.82, 2.24) is 10.2 Å². The van der Waals surface area contributed by atoms with Gasteiger partial charge in [0.2, 0.25) is 5.89 Å². The van der Waals surface area contributed by atoms with Gasteiger partial charge >= 0.3 is 11.7 Å². The number of rotatable bonds is 7. The van der Waals surface area contributed by atoms with Gasteiger partial charge in [-0.25, -0.2) is 4.79 Å². The molecule has 29 heavy (non-hydrogen) atoms. The Morgan fingerprint density at radius 2 is 2.00 bits per heavy atom. The molecule has 0 aliphatic heterocycles. The summed E-state index contributed by atoms with van der Waals surface area (Å²) in [5.74, 6) is -0.977. The number of methoxy groups -OCH3 is 1. The molecule has 1 heterocycles. The summed E-state index contributed by atoms with van der Waals surface area (Å²) < 4.78 is 10.4. The molecule has 3 rings (SSSR count). The van der Waals surface area contributed by atoms with Crippen molar-refractivity contribution >= 4 is 41.1 Å². The number of carboxylic acid groups (broad SMARTS) is 1. The minimum absolute atomic E-state index is 0.00612. The van der Waals surface area contributed by atoms with Gasteiger partial charge in [0.15, 0.2) is 5.75 Å². The lowest BCUT2D eigenvalue weighted by Crippen LogP contribution is -1.98. The summed E-state index contributed by atoms with van der Waals surface area (Å²) in [6.07, 6.45) is 1.27. The first-order chi connectivity index (χ1) is 13.9. The van der Waals surface area contributed by atoms with Gasteiger partial charge in [0.05, 0.1) is 12.0 Å². The lowest BCUT2D eigenvalue weighted by atomic mass is 10.1. The summed E-state index contributed by atoms with van der Waals surface area (Å²) in [4.78, 5) is 22.0. The summed E-state index contributed by atoms with van der Waals surface area (Å²) in [6, 6.07) is 10.8. The molecule has 0 saturated carbocycles. The fraction of sp³-hybridized carbons (Fsp3) is 0.0556. The molecule has 1 N–H and O–H groups in total. The van der Waals surface area contributed by atoms with Crippen LogP contribution in [0.2, 0.25) is 5.02 Å². The van der Waals surface area contributed by atoms with Crippen LogP contribution in [-0.4, -0.2) is 33.3 Å². The summed E-state index contributed by atoms with van der Waals surface area (Å²) in [5.41, 5.74) is 0.652. The first-order valence-electron chi connectivity index (χ1n) is 7.92. The molecule has 0 amide bonds. The Bertz CT molecular complexity index is 1100. The minimum atomic E-state index is -1.25. The normalized spacial score (nSPS) is 11.3. The maximum absolute atomic E-state index is 11.6. The van der Waals surface area contributed by atoms with Gasteiger partial charge < -0.3 is 14.3 Å². The highest BCUT2D eigenvalue weighted by atomic mass is 35.5. The number of aliphatic carboxylic acids is 1. The van der Waals surface area contributed by atoms with E-state index in [1.54, 1.807) is 24.3 Å². The molecule has 9 nitrogen and oxygen atoms in total. The number of nitrogens with zero attached hydrogens (tertiary/aromatic N) is 3. The van der Waals surface area contributed by atoms with Crippen molar-refractivity contribution in [2.75, 3.05) is 7.11 Å². The highest BCUT2D eigenvalue weighted by molar-refractivity contribution is 8.03. The predicted octanol–water partition coefficient (Wildman–Crippen LogP) is 4.52. The molecule has 0 atom stereocenters. The molecule has 3 aromatic rings. The molecule has 0 fully saturated rings. The Morgan fingerprint density at radius 3 is 2.62 bits per heavy atom. The second-order valence-corrected chi connectivity index (χ2v) is 6.91. The summed E-state index contributed by atoms with van der Waals surface area (Å²) in [7, 11) is 1.31.